The molecule has 2 aromatic carbocycles. The molecular weight excluding hydrogens is 342 g/mol. The Balaban J connectivity index is 1.71. The van der Waals surface area contributed by atoms with Crippen LogP contribution in [0.15, 0.2) is 71.9 Å². The van der Waals surface area contributed by atoms with Crippen LogP contribution in [-0.4, -0.2) is 25.5 Å². The molecule has 1 N–H and O–H groups in total. The molecule has 7 nitrogen and oxygen atoms in total. The fourth-order valence-corrected chi connectivity index (χ4v) is 3.01. The molecule has 8 heteroatoms. The average molecular weight is 357 g/mol. The molecule has 1 heterocycles. The van der Waals surface area contributed by atoms with Crippen LogP contribution >= 0.6 is 0 Å². The number of sulfonamides is 1. The molecule has 25 heavy (non-hydrogen) atoms. The van der Waals surface area contributed by atoms with Gasteiger partial charge < -0.3 is 9.47 Å². The maximum absolute atomic E-state index is 12.3. The van der Waals surface area contributed by atoms with Gasteiger partial charge in [0.05, 0.1) is 30.1 Å². The molecule has 3 aromatic rings. The standard InChI is InChI=1S/C17H15N3O4S/c1-23-14-7-9-16(10-8-14)25(21,22)20-13-11-18-17(19-12-13)24-15-5-3-2-4-6-15/h2-12,20H,1H3. The van der Waals surface area contributed by atoms with Gasteiger partial charge in [0.15, 0.2) is 0 Å². The van der Waals surface area contributed by atoms with Crippen LogP contribution in [0, 0.1) is 0 Å². The van der Waals surface area contributed by atoms with E-state index in [0.29, 0.717) is 11.5 Å². The summed E-state index contributed by atoms with van der Waals surface area (Å²) in [6.45, 7) is 0. The minimum atomic E-state index is -3.74. The van der Waals surface area contributed by atoms with E-state index in [9.17, 15) is 8.42 Å². The lowest BCUT2D eigenvalue weighted by molar-refractivity contribution is 0.414. The van der Waals surface area contributed by atoms with Gasteiger partial charge in [-0.05, 0) is 36.4 Å². The maximum Gasteiger partial charge on any atom is 0.322 e. The number of anilines is 1. The van der Waals surface area contributed by atoms with Crippen molar-refractivity contribution in [2.45, 2.75) is 4.90 Å². The number of ether oxygens (including phenoxy) is 2. The zero-order valence-corrected chi connectivity index (χ0v) is 14.1. The fraction of sp³-hybridized carbons (Fsp3) is 0.0588. The van der Waals surface area contributed by atoms with Gasteiger partial charge in [0.2, 0.25) is 0 Å². The Morgan fingerprint density at radius 2 is 1.52 bits per heavy atom. The van der Waals surface area contributed by atoms with Crippen LogP contribution in [0.3, 0.4) is 0 Å². The number of hydrogen-bond acceptors (Lipinski definition) is 6. The van der Waals surface area contributed by atoms with Crippen LogP contribution in [0.1, 0.15) is 0 Å². The molecule has 0 saturated heterocycles. The number of nitrogens with one attached hydrogen (secondary N) is 1. The molecule has 0 atom stereocenters. The minimum absolute atomic E-state index is 0.109. The smallest absolute Gasteiger partial charge is 0.322 e. The summed E-state index contributed by atoms with van der Waals surface area (Å²) in [5.74, 6) is 1.17. The van der Waals surface area contributed by atoms with Gasteiger partial charge in [-0.25, -0.2) is 18.4 Å². The molecule has 0 saturated carbocycles. The first-order chi connectivity index (χ1) is 12.1. The number of methoxy groups -OCH3 is 1. The molecule has 3 rings (SSSR count). The molecule has 0 spiro atoms. The van der Waals surface area contributed by atoms with Gasteiger partial charge in [0.25, 0.3) is 10.0 Å². The van der Waals surface area contributed by atoms with Crippen LogP contribution in [0.25, 0.3) is 0 Å². The largest absolute Gasteiger partial charge is 0.497 e. The fourth-order valence-electron chi connectivity index (χ4n) is 1.98. The molecular formula is C17H15N3O4S. The van der Waals surface area contributed by atoms with Gasteiger partial charge in [-0.15, -0.1) is 0 Å². The van der Waals surface area contributed by atoms with Gasteiger partial charge >= 0.3 is 6.01 Å². The predicted octanol–water partition coefficient (Wildman–Crippen LogP) is 3.08. The second kappa shape index (κ2) is 7.18. The normalized spacial score (nSPS) is 10.9. The van der Waals surface area contributed by atoms with E-state index < -0.39 is 10.0 Å². The van der Waals surface area contributed by atoms with Gasteiger partial charge in [-0.1, -0.05) is 18.2 Å². The van der Waals surface area contributed by atoms with Gasteiger partial charge in [0, 0.05) is 0 Å². The third kappa shape index (κ3) is 4.24. The second-order valence-electron chi connectivity index (χ2n) is 4.95. The zero-order valence-electron chi connectivity index (χ0n) is 13.3. The number of rotatable bonds is 6. The van der Waals surface area contributed by atoms with Crippen LogP contribution < -0.4 is 14.2 Å². The lowest BCUT2D eigenvalue weighted by Gasteiger charge is -2.09. The second-order valence-corrected chi connectivity index (χ2v) is 6.63. The molecule has 128 valence electrons. The highest BCUT2D eigenvalue weighted by Crippen LogP contribution is 2.20. The van der Waals surface area contributed by atoms with Crippen LogP contribution in [0.4, 0.5) is 5.69 Å². The molecule has 0 aliphatic carbocycles. The van der Waals surface area contributed by atoms with Crippen LogP contribution in [-0.2, 0) is 10.0 Å². The molecule has 0 aliphatic heterocycles. The summed E-state index contributed by atoms with van der Waals surface area (Å²) in [6, 6.07) is 15.2. The first-order valence-corrected chi connectivity index (χ1v) is 8.77. The van der Waals surface area contributed by atoms with E-state index in [0.717, 1.165) is 0 Å². The number of benzene rings is 2. The van der Waals surface area contributed by atoms with Crippen LogP contribution in [0.2, 0.25) is 0 Å². The SMILES string of the molecule is COc1ccc(S(=O)(=O)Nc2cnc(Oc3ccccc3)nc2)cc1. The highest BCUT2D eigenvalue weighted by Gasteiger charge is 2.15. The summed E-state index contributed by atoms with van der Waals surface area (Å²) in [4.78, 5) is 8.11. The highest BCUT2D eigenvalue weighted by molar-refractivity contribution is 7.92. The molecule has 0 radical (unpaired) electrons. The van der Waals surface area contributed by atoms with Crippen molar-refractivity contribution < 1.29 is 17.9 Å². The Labute approximate surface area is 145 Å². The third-order valence-electron chi connectivity index (χ3n) is 3.20. The molecule has 0 bridgehead atoms. The number of nitrogens with zero attached hydrogens (tertiary/aromatic N) is 2. The topological polar surface area (TPSA) is 90.4 Å². The van der Waals surface area contributed by atoms with Crippen molar-refractivity contribution >= 4 is 15.7 Å². The van der Waals surface area contributed by atoms with Crippen molar-refractivity contribution in [1.29, 1.82) is 0 Å². The number of para-hydroxylation sites is 1. The highest BCUT2D eigenvalue weighted by atomic mass is 32.2. The first-order valence-electron chi connectivity index (χ1n) is 7.29. The predicted molar refractivity (Wildman–Crippen MR) is 92.4 cm³/mol. The summed E-state index contributed by atoms with van der Waals surface area (Å²) in [6.07, 6.45) is 2.68. The van der Waals surface area contributed by atoms with E-state index in [-0.39, 0.29) is 16.6 Å². The molecule has 1 aromatic heterocycles. The summed E-state index contributed by atoms with van der Waals surface area (Å²) < 4.78 is 37.6. The van der Waals surface area contributed by atoms with Crippen molar-refractivity contribution in [3.63, 3.8) is 0 Å². The van der Waals surface area contributed by atoms with E-state index in [4.69, 9.17) is 9.47 Å². The molecule has 0 unspecified atom stereocenters. The van der Waals surface area contributed by atoms with Gasteiger partial charge in [-0.3, -0.25) is 4.72 Å². The number of hydrogen-bond donors (Lipinski definition) is 1. The Kier molecular flexibility index (Phi) is 4.80. The Bertz CT molecular complexity index is 928. The summed E-state index contributed by atoms with van der Waals surface area (Å²) in [7, 11) is -2.22. The van der Waals surface area contributed by atoms with Crippen molar-refractivity contribution in [3.8, 4) is 17.5 Å². The summed E-state index contributed by atoms with van der Waals surface area (Å²) >= 11 is 0. The number of aromatic nitrogens is 2. The average Bonchev–Trinajstić information content (AvgIpc) is 2.64. The minimum Gasteiger partial charge on any atom is -0.497 e. The monoisotopic (exact) mass is 357 g/mol. The Morgan fingerprint density at radius 1 is 0.880 bits per heavy atom. The molecule has 0 amide bonds. The summed E-state index contributed by atoms with van der Waals surface area (Å²) in [5.41, 5.74) is 0.233. The Hall–Kier alpha value is -3.13. The summed E-state index contributed by atoms with van der Waals surface area (Å²) in [5, 5.41) is 0. The van der Waals surface area contributed by atoms with Gasteiger partial charge in [0.1, 0.15) is 11.5 Å². The lowest BCUT2D eigenvalue weighted by atomic mass is 10.3. The first kappa shape index (κ1) is 16.7. The van der Waals surface area contributed by atoms with Crippen LogP contribution in [0.5, 0.6) is 17.5 Å². The zero-order chi connectivity index (χ0) is 17.7. The van der Waals surface area contributed by atoms with Crippen molar-refractivity contribution in [2.75, 3.05) is 11.8 Å². The van der Waals surface area contributed by atoms with E-state index in [1.54, 1.807) is 24.3 Å². The van der Waals surface area contributed by atoms with E-state index in [2.05, 4.69) is 14.7 Å². The lowest BCUT2D eigenvalue weighted by Crippen LogP contribution is -2.13. The van der Waals surface area contributed by atoms with E-state index in [1.807, 2.05) is 18.2 Å². The van der Waals surface area contributed by atoms with E-state index >= 15 is 0 Å². The van der Waals surface area contributed by atoms with Crippen molar-refractivity contribution in [1.82, 2.24) is 9.97 Å². The maximum atomic E-state index is 12.3. The Morgan fingerprint density at radius 3 is 2.12 bits per heavy atom. The third-order valence-corrected chi connectivity index (χ3v) is 4.60. The van der Waals surface area contributed by atoms with Gasteiger partial charge in [-0.2, -0.15) is 0 Å². The molecule has 0 fully saturated rings. The quantitative estimate of drug-likeness (QED) is 0.729. The molecule has 0 aliphatic rings. The van der Waals surface area contributed by atoms with Crippen molar-refractivity contribution in [2.24, 2.45) is 0 Å². The van der Waals surface area contributed by atoms with E-state index in [1.165, 1.54) is 31.6 Å². The van der Waals surface area contributed by atoms with Crippen molar-refractivity contribution in [3.05, 3.63) is 67.0 Å².